The maximum atomic E-state index is 12.8. The lowest BCUT2D eigenvalue weighted by molar-refractivity contribution is 0.628. The normalized spacial score (nSPS) is 10.5. The van der Waals surface area contributed by atoms with E-state index in [0.717, 1.165) is 29.8 Å². The minimum Gasteiger partial charge on any atom is -0.313 e. The Balaban J connectivity index is 2.23. The van der Waals surface area contributed by atoms with Gasteiger partial charge in [-0.05, 0) is 35.9 Å². The fourth-order valence-corrected chi connectivity index (χ4v) is 1.65. The van der Waals surface area contributed by atoms with Gasteiger partial charge in [-0.25, -0.2) is 4.39 Å². The van der Waals surface area contributed by atoms with Crippen LogP contribution in [0.5, 0.6) is 0 Å². The molecule has 1 N–H and O–H groups in total. The van der Waals surface area contributed by atoms with Gasteiger partial charge in [0.1, 0.15) is 5.82 Å². The monoisotopic (exact) mass is 230 g/mol. The summed E-state index contributed by atoms with van der Waals surface area (Å²) in [6.45, 7) is 3.80. The van der Waals surface area contributed by atoms with Crippen molar-refractivity contribution in [2.75, 3.05) is 6.54 Å². The number of nitrogens with one attached hydrogen (secondary N) is 1. The van der Waals surface area contributed by atoms with E-state index in [0.29, 0.717) is 0 Å². The van der Waals surface area contributed by atoms with E-state index in [-0.39, 0.29) is 5.82 Å². The number of pyridine rings is 1. The second kappa shape index (κ2) is 5.55. The highest BCUT2D eigenvalue weighted by molar-refractivity contribution is 5.62. The molecule has 2 aromatic rings. The van der Waals surface area contributed by atoms with Crippen molar-refractivity contribution in [1.82, 2.24) is 10.3 Å². The lowest BCUT2D eigenvalue weighted by atomic mass is 10.1. The van der Waals surface area contributed by atoms with E-state index < -0.39 is 0 Å². The minimum absolute atomic E-state index is 0.217. The van der Waals surface area contributed by atoms with Crippen LogP contribution in [0.15, 0.2) is 42.7 Å². The molecule has 0 amide bonds. The Hall–Kier alpha value is -1.74. The van der Waals surface area contributed by atoms with Gasteiger partial charge in [0.15, 0.2) is 0 Å². The molecule has 2 rings (SSSR count). The van der Waals surface area contributed by atoms with Crippen molar-refractivity contribution in [2.24, 2.45) is 0 Å². The van der Waals surface area contributed by atoms with Gasteiger partial charge < -0.3 is 5.32 Å². The molecule has 0 saturated heterocycles. The molecule has 0 fully saturated rings. The van der Waals surface area contributed by atoms with E-state index in [9.17, 15) is 4.39 Å². The number of nitrogens with zero attached hydrogens (tertiary/aromatic N) is 1. The van der Waals surface area contributed by atoms with Crippen molar-refractivity contribution in [3.8, 4) is 11.1 Å². The van der Waals surface area contributed by atoms with Gasteiger partial charge >= 0.3 is 0 Å². The van der Waals surface area contributed by atoms with Crippen molar-refractivity contribution in [3.63, 3.8) is 0 Å². The standard InChI is InChI=1S/C14H15FN2/c1-2-16-8-11-7-13(10-17-9-11)12-3-5-14(15)6-4-12/h3-7,9-10,16H,2,8H2,1H3. The number of aromatic nitrogens is 1. The first-order chi connectivity index (χ1) is 8.29. The SMILES string of the molecule is CCNCc1cncc(-c2ccc(F)cc2)c1. The van der Waals surface area contributed by atoms with Crippen LogP contribution in [-0.4, -0.2) is 11.5 Å². The van der Waals surface area contributed by atoms with Gasteiger partial charge in [0.05, 0.1) is 0 Å². The molecule has 0 radical (unpaired) electrons. The van der Waals surface area contributed by atoms with Gasteiger partial charge in [0.2, 0.25) is 0 Å². The quantitative estimate of drug-likeness (QED) is 0.873. The van der Waals surface area contributed by atoms with Crippen molar-refractivity contribution < 1.29 is 4.39 Å². The smallest absolute Gasteiger partial charge is 0.123 e. The molecule has 88 valence electrons. The zero-order valence-corrected chi connectivity index (χ0v) is 9.78. The summed E-state index contributed by atoms with van der Waals surface area (Å²) >= 11 is 0. The molecule has 1 heterocycles. The fraction of sp³-hybridized carbons (Fsp3) is 0.214. The first-order valence-electron chi connectivity index (χ1n) is 5.70. The van der Waals surface area contributed by atoms with Gasteiger partial charge in [0, 0.05) is 24.5 Å². The van der Waals surface area contributed by atoms with Crippen LogP contribution in [0.25, 0.3) is 11.1 Å². The molecule has 0 unspecified atom stereocenters. The van der Waals surface area contributed by atoms with Gasteiger partial charge in [-0.1, -0.05) is 19.1 Å². The molecule has 0 aliphatic heterocycles. The molecule has 17 heavy (non-hydrogen) atoms. The second-order valence-electron chi connectivity index (χ2n) is 3.87. The highest BCUT2D eigenvalue weighted by Crippen LogP contribution is 2.19. The van der Waals surface area contributed by atoms with E-state index in [2.05, 4.69) is 23.3 Å². The largest absolute Gasteiger partial charge is 0.313 e. The highest BCUT2D eigenvalue weighted by atomic mass is 19.1. The summed E-state index contributed by atoms with van der Waals surface area (Å²) < 4.78 is 12.8. The van der Waals surface area contributed by atoms with Crippen LogP contribution < -0.4 is 5.32 Å². The Morgan fingerprint density at radius 3 is 2.59 bits per heavy atom. The molecule has 0 atom stereocenters. The topological polar surface area (TPSA) is 24.9 Å². The van der Waals surface area contributed by atoms with Crippen molar-refractivity contribution >= 4 is 0 Å². The maximum Gasteiger partial charge on any atom is 0.123 e. The summed E-state index contributed by atoms with van der Waals surface area (Å²) in [6.07, 6.45) is 3.64. The summed E-state index contributed by atoms with van der Waals surface area (Å²) in [6, 6.07) is 8.54. The van der Waals surface area contributed by atoms with Crippen LogP contribution in [0.2, 0.25) is 0 Å². The van der Waals surface area contributed by atoms with Gasteiger partial charge in [-0.15, -0.1) is 0 Å². The van der Waals surface area contributed by atoms with Crippen LogP contribution in [0.4, 0.5) is 4.39 Å². The van der Waals surface area contributed by atoms with E-state index in [4.69, 9.17) is 0 Å². The van der Waals surface area contributed by atoms with Gasteiger partial charge in [-0.3, -0.25) is 4.98 Å². The predicted octanol–water partition coefficient (Wildman–Crippen LogP) is 3.00. The van der Waals surface area contributed by atoms with E-state index in [1.54, 1.807) is 18.3 Å². The van der Waals surface area contributed by atoms with Crippen LogP contribution >= 0.6 is 0 Å². The number of rotatable bonds is 4. The van der Waals surface area contributed by atoms with E-state index in [1.807, 2.05) is 6.20 Å². The van der Waals surface area contributed by atoms with Crippen molar-refractivity contribution in [1.29, 1.82) is 0 Å². The van der Waals surface area contributed by atoms with E-state index >= 15 is 0 Å². The Bertz CT molecular complexity index is 480. The van der Waals surface area contributed by atoms with E-state index in [1.165, 1.54) is 12.1 Å². The Morgan fingerprint density at radius 1 is 1.12 bits per heavy atom. The first-order valence-corrected chi connectivity index (χ1v) is 5.70. The third-order valence-electron chi connectivity index (χ3n) is 2.55. The molecular weight excluding hydrogens is 215 g/mol. The zero-order chi connectivity index (χ0) is 12.1. The second-order valence-corrected chi connectivity index (χ2v) is 3.87. The summed E-state index contributed by atoms with van der Waals surface area (Å²) in [5.74, 6) is -0.217. The summed E-state index contributed by atoms with van der Waals surface area (Å²) in [5, 5.41) is 3.25. The van der Waals surface area contributed by atoms with Crippen molar-refractivity contribution in [2.45, 2.75) is 13.5 Å². The summed E-state index contributed by atoms with van der Waals surface area (Å²) in [5.41, 5.74) is 3.13. The van der Waals surface area contributed by atoms with Crippen LogP contribution in [-0.2, 0) is 6.54 Å². The van der Waals surface area contributed by atoms with Crippen LogP contribution in [0.1, 0.15) is 12.5 Å². The Morgan fingerprint density at radius 2 is 1.88 bits per heavy atom. The molecule has 1 aromatic carbocycles. The van der Waals surface area contributed by atoms with Crippen LogP contribution in [0, 0.1) is 5.82 Å². The molecular formula is C14H15FN2. The molecule has 3 heteroatoms. The molecule has 0 spiro atoms. The van der Waals surface area contributed by atoms with Crippen molar-refractivity contribution in [3.05, 3.63) is 54.1 Å². The fourth-order valence-electron chi connectivity index (χ4n) is 1.65. The molecule has 0 saturated carbocycles. The molecule has 0 bridgehead atoms. The summed E-state index contributed by atoms with van der Waals surface area (Å²) in [7, 11) is 0. The molecule has 0 aliphatic rings. The Labute approximate surface area is 101 Å². The third-order valence-corrected chi connectivity index (χ3v) is 2.55. The molecule has 2 nitrogen and oxygen atoms in total. The number of halogens is 1. The highest BCUT2D eigenvalue weighted by Gasteiger charge is 2.00. The predicted molar refractivity (Wildman–Crippen MR) is 67.0 cm³/mol. The average molecular weight is 230 g/mol. The molecule has 0 aliphatic carbocycles. The molecule has 1 aromatic heterocycles. The Kier molecular flexibility index (Phi) is 3.83. The zero-order valence-electron chi connectivity index (χ0n) is 9.78. The lowest BCUT2D eigenvalue weighted by Crippen LogP contribution is -2.11. The number of benzene rings is 1. The minimum atomic E-state index is -0.217. The number of hydrogen-bond donors (Lipinski definition) is 1. The van der Waals surface area contributed by atoms with Crippen LogP contribution in [0.3, 0.4) is 0 Å². The summed E-state index contributed by atoms with van der Waals surface area (Å²) in [4.78, 5) is 4.20. The first kappa shape index (κ1) is 11.7. The lowest BCUT2D eigenvalue weighted by Gasteiger charge is -2.05. The average Bonchev–Trinajstić information content (AvgIpc) is 2.37. The maximum absolute atomic E-state index is 12.8. The number of hydrogen-bond acceptors (Lipinski definition) is 2. The third kappa shape index (κ3) is 3.11. The van der Waals surface area contributed by atoms with Gasteiger partial charge in [-0.2, -0.15) is 0 Å². The van der Waals surface area contributed by atoms with Gasteiger partial charge in [0.25, 0.3) is 0 Å².